The molecule has 0 spiro atoms. The molecule has 6 nitrogen and oxygen atoms in total. The molecule has 0 saturated heterocycles. The molecule has 0 fully saturated rings. The van der Waals surface area contributed by atoms with Gasteiger partial charge in [-0.1, -0.05) is 66.7 Å². The Morgan fingerprint density at radius 3 is 1.93 bits per heavy atom. The van der Waals surface area contributed by atoms with Crippen molar-refractivity contribution >= 4 is 5.91 Å². The predicted octanol–water partition coefficient (Wildman–Crippen LogP) is 4.12. The van der Waals surface area contributed by atoms with E-state index in [4.69, 9.17) is 9.47 Å². The van der Waals surface area contributed by atoms with E-state index in [9.17, 15) is 15.1 Å². The van der Waals surface area contributed by atoms with Gasteiger partial charge in [0.15, 0.2) is 11.5 Å². The quantitative estimate of drug-likeness (QED) is 0.412. The molecular formula is C24H25NO5. The largest absolute Gasteiger partial charge is 0.485 e. The predicted molar refractivity (Wildman–Crippen MR) is 112 cm³/mol. The second-order valence-electron chi connectivity index (χ2n) is 6.89. The number of benzene rings is 3. The molecule has 0 heterocycles. The average Bonchev–Trinajstić information content (AvgIpc) is 2.77. The first kappa shape index (κ1) is 21.4. The van der Waals surface area contributed by atoms with E-state index in [-0.39, 0.29) is 6.42 Å². The standard InChI is InChI=1S/C24H25NO5/c1-25(28)24(27)15-21(26)20-12-13-22(29-16-18-8-4-2-5-9-18)23(14-20)30-17-19-10-6-3-7-11-19/h2-14,21,26,28H,15-17H2,1H3. The average molecular weight is 407 g/mol. The van der Waals surface area contributed by atoms with Gasteiger partial charge in [0.05, 0.1) is 12.5 Å². The highest BCUT2D eigenvalue weighted by Crippen LogP contribution is 2.33. The fraction of sp³-hybridized carbons (Fsp3) is 0.208. The Morgan fingerprint density at radius 2 is 1.40 bits per heavy atom. The lowest BCUT2D eigenvalue weighted by molar-refractivity contribution is -0.161. The molecular weight excluding hydrogens is 382 g/mol. The van der Waals surface area contributed by atoms with Crippen LogP contribution in [0.25, 0.3) is 0 Å². The smallest absolute Gasteiger partial charge is 0.248 e. The zero-order chi connectivity index (χ0) is 21.3. The van der Waals surface area contributed by atoms with E-state index >= 15 is 0 Å². The number of ether oxygens (including phenoxy) is 2. The third-order valence-electron chi connectivity index (χ3n) is 4.56. The number of hydroxylamine groups is 2. The van der Waals surface area contributed by atoms with Crippen LogP contribution in [-0.2, 0) is 18.0 Å². The Bertz CT molecular complexity index is 944. The fourth-order valence-corrected chi connectivity index (χ4v) is 2.85. The summed E-state index contributed by atoms with van der Waals surface area (Å²) in [7, 11) is 1.23. The second kappa shape index (κ2) is 10.4. The second-order valence-corrected chi connectivity index (χ2v) is 6.89. The third kappa shape index (κ3) is 6.07. The summed E-state index contributed by atoms with van der Waals surface area (Å²) < 4.78 is 11.9. The molecule has 1 unspecified atom stereocenters. The number of rotatable bonds is 9. The molecule has 156 valence electrons. The summed E-state index contributed by atoms with van der Waals surface area (Å²) in [5.41, 5.74) is 2.52. The van der Waals surface area contributed by atoms with E-state index in [0.717, 1.165) is 11.1 Å². The molecule has 3 aromatic carbocycles. The van der Waals surface area contributed by atoms with Gasteiger partial charge in [0.2, 0.25) is 5.91 Å². The highest BCUT2D eigenvalue weighted by atomic mass is 16.5. The van der Waals surface area contributed by atoms with Gasteiger partial charge in [-0.3, -0.25) is 10.0 Å². The molecule has 3 rings (SSSR count). The van der Waals surface area contributed by atoms with E-state index in [1.54, 1.807) is 18.2 Å². The van der Waals surface area contributed by atoms with Crippen LogP contribution < -0.4 is 9.47 Å². The lowest BCUT2D eigenvalue weighted by Gasteiger charge is -2.17. The molecule has 0 saturated carbocycles. The van der Waals surface area contributed by atoms with Gasteiger partial charge in [-0.2, -0.15) is 0 Å². The molecule has 6 heteroatoms. The summed E-state index contributed by atoms with van der Waals surface area (Å²) in [6.07, 6.45) is -1.32. The number of nitrogens with zero attached hydrogens (tertiary/aromatic N) is 1. The van der Waals surface area contributed by atoms with Gasteiger partial charge in [-0.05, 0) is 28.8 Å². The van der Waals surface area contributed by atoms with Crippen molar-refractivity contribution in [1.82, 2.24) is 5.06 Å². The van der Waals surface area contributed by atoms with Gasteiger partial charge in [0.25, 0.3) is 0 Å². The number of hydrogen-bond acceptors (Lipinski definition) is 5. The van der Waals surface area contributed by atoms with Crippen LogP contribution in [0.1, 0.15) is 29.2 Å². The first-order valence-corrected chi connectivity index (χ1v) is 9.64. The van der Waals surface area contributed by atoms with Crippen molar-refractivity contribution in [1.29, 1.82) is 0 Å². The maximum atomic E-state index is 11.7. The Hall–Kier alpha value is -3.35. The zero-order valence-corrected chi connectivity index (χ0v) is 16.8. The summed E-state index contributed by atoms with van der Waals surface area (Å²) in [4.78, 5) is 11.7. The van der Waals surface area contributed by atoms with E-state index in [0.29, 0.717) is 35.3 Å². The van der Waals surface area contributed by atoms with Crippen molar-refractivity contribution in [2.24, 2.45) is 0 Å². The Labute approximate surface area is 175 Å². The Kier molecular flexibility index (Phi) is 7.43. The van der Waals surface area contributed by atoms with Crippen LogP contribution in [-0.4, -0.2) is 28.3 Å². The van der Waals surface area contributed by atoms with E-state index in [1.807, 2.05) is 60.7 Å². The Balaban J connectivity index is 1.78. The SMILES string of the molecule is CN(O)C(=O)CC(O)c1ccc(OCc2ccccc2)c(OCc2ccccc2)c1. The van der Waals surface area contributed by atoms with Gasteiger partial charge in [0, 0.05) is 7.05 Å². The van der Waals surface area contributed by atoms with Crippen molar-refractivity contribution in [2.45, 2.75) is 25.7 Å². The normalized spacial score (nSPS) is 11.6. The van der Waals surface area contributed by atoms with Gasteiger partial charge >= 0.3 is 0 Å². The van der Waals surface area contributed by atoms with Gasteiger partial charge in [-0.15, -0.1) is 0 Å². The minimum absolute atomic E-state index is 0.241. The van der Waals surface area contributed by atoms with Gasteiger partial charge in [0.1, 0.15) is 13.2 Å². The lowest BCUT2D eigenvalue weighted by Crippen LogP contribution is -2.24. The van der Waals surface area contributed by atoms with E-state index in [1.165, 1.54) is 7.05 Å². The van der Waals surface area contributed by atoms with E-state index in [2.05, 4.69) is 0 Å². The molecule has 1 amide bonds. The molecule has 0 aromatic heterocycles. The molecule has 2 N–H and O–H groups in total. The van der Waals surface area contributed by atoms with Crippen molar-refractivity contribution < 1.29 is 24.6 Å². The van der Waals surface area contributed by atoms with E-state index < -0.39 is 12.0 Å². The van der Waals surface area contributed by atoms with Crippen LogP contribution in [0.5, 0.6) is 11.5 Å². The monoisotopic (exact) mass is 407 g/mol. The molecule has 0 aliphatic heterocycles. The summed E-state index contributed by atoms with van der Waals surface area (Å²) in [5.74, 6) is 0.422. The molecule has 3 aromatic rings. The third-order valence-corrected chi connectivity index (χ3v) is 4.56. The molecule has 0 radical (unpaired) electrons. The molecule has 0 aliphatic carbocycles. The van der Waals surface area contributed by atoms with Crippen molar-refractivity contribution in [3.05, 3.63) is 95.6 Å². The number of aliphatic hydroxyl groups excluding tert-OH is 1. The number of hydrogen-bond donors (Lipinski definition) is 2. The maximum Gasteiger partial charge on any atom is 0.248 e. The minimum Gasteiger partial charge on any atom is -0.485 e. The summed E-state index contributed by atoms with van der Waals surface area (Å²) in [6, 6.07) is 24.6. The van der Waals surface area contributed by atoms with Crippen LogP contribution in [0.4, 0.5) is 0 Å². The first-order valence-electron chi connectivity index (χ1n) is 9.64. The molecule has 0 bridgehead atoms. The Morgan fingerprint density at radius 1 is 0.867 bits per heavy atom. The number of amides is 1. The maximum absolute atomic E-state index is 11.7. The topological polar surface area (TPSA) is 79.2 Å². The number of carbonyl (C=O) groups excluding carboxylic acids is 1. The first-order chi connectivity index (χ1) is 14.5. The van der Waals surface area contributed by atoms with Crippen LogP contribution in [0.3, 0.4) is 0 Å². The van der Waals surface area contributed by atoms with Crippen molar-refractivity contribution in [2.75, 3.05) is 7.05 Å². The number of aliphatic hydroxyl groups is 1. The van der Waals surface area contributed by atoms with Crippen molar-refractivity contribution in [3.8, 4) is 11.5 Å². The fourth-order valence-electron chi connectivity index (χ4n) is 2.85. The lowest BCUT2D eigenvalue weighted by atomic mass is 10.1. The zero-order valence-electron chi connectivity index (χ0n) is 16.8. The molecule has 1 atom stereocenters. The van der Waals surface area contributed by atoms with Crippen molar-refractivity contribution in [3.63, 3.8) is 0 Å². The highest BCUT2D eigenvalue weighted by molar-refractivity contribution is 5.75. The summed E-state index contributed by atoms with van der Waals surface area (Å²) >= 11 is 0. The summed E-state index contributed by atoms with van der Waals surface area (Å²) in [5, 5.41) is 20.1. The van der Waals surface area contributed by atoms with Gasteiger partial charge in [-0.25, -0.2) is 5.06 Å². The molecule has 0 aliphatic rings. The van der Waals surface area contributed by atoms with Crippen LogP contribution in [0.2, 0.25) is 0 Å². The van der Waals surface area contributed by atoms with Crippen LogP contribution in [0, 0.1) is 0 Å². The minimum atomic E-state index is -1.07. The van der Waals surface area contributed by atoms with Crippen LogP contribution >= 0.6 is 0 Å². The molecule has 30 heavy (non-hydrogen) atoms. The summed E-state index contributed by atoms with van der Waals surface area (Å²) in [6.45, 7) is 0.707. The highest BCUT2D eigenvalue weighted by Gasteiger charge is 2.18. The van der Waals surface area contributed by atoms with Gasteiger partial charge < -0.3 is 14.6 Å². The number of carbonyl (C=O) groups is 1. The van der Waals surface area contributed by atoms with Crippen LogP contribution in [0.15, 0.2) is 78.9 Å².